The van der Waals surface area contributed by atoms with Gasteiger partial charge in [-0.1, -0.05) is 61.4 Å². The van der Waals surface area contributed by atoms with Crippen molar-refractivity contribution in [2.24, 2.45) is 5.92 Å². The van der Waals surface area contributed by atoms with Gasteiger partial charge in [0.15, 0.2) is 0 Å². The molecular formula is C22H23NO2. The molecule has 1 aliphatic heterocycles. The monoisotopic (exact) mass is 333 g/mol. The molecule has 3 atom stereocenters. The normalized spacial score (nSPS) is 26.2. The number of piperidine rings is 1. The Kier molecular flexibility index (Phi) is 4.39. The number of rotatable bonds is 2. The highest BCUT2D eigenvalue weighted by atomic mass is 16.2. The molecule has 1 saturated carbocycles. The molecule has 0 aromatic heterocycles. The van der Waals surface area contributed by atoms with E-state index in [4.69, 9.17) is 0 Å². The zero-order valence-corrected chi connectivity index (χ0v) is 14.3. The number of hydrogen-bond acceptors (Lipinski definition) is 2. The molecule has 128 valence electrons. The van der Waals surface area contributed by atoms with Crippen molar-refractivity contribution in [2.45, 2.75) is 44.2 Å². The van der Waals surface area contributed by atoms with Crippen LogP contribution in [-0.2, 0) is 4.79 Å². The molecule has 4 rings (SSSR count). The van der Waals surface area contributed by atoms with Gasteiger partial charge in [0.2, 0.25) is 0 Å². The number of Topliss-reactive ketones (excluding diaryl/α,β-unsaturated/α-hetero) is 1. The van der Waals surface area contributed by atoms with E-state index in [2.05, 4.69) is 0 Å². The van der Waals surface area contributed by atoms with Crippen LogP contribution in [0.4, 0.5) is 0 Å². The Labute approximate surface area is 148 Å². The summed E-state index contributed by atoms with van der Waals surface area (Å²) in [5.74, 6) is 0.399. The van der Waals surface area contributed by atoms with Gasteiger partial charge in [0.05, 0.1) is 6.04 Å². The number of carbonyl (C=O) groups is 2. The van der Waals surface area contributed by atoms with Crippen molar-refractivity contribution in [3.8, 4) is 0 Å². The van der Waals surface area contributed by atoms with Crippen LogP contribution in [0.2, 0.25) is 0 Å². The fourth-order valence-electron chi connectivity index (χ4n) is 4.47. The van der Waals surface area contributed by atoms with E-state index in [9.17, 15) is 9.59 Å². The molecule has 2 aromatic carbocycles. The van der Waals surface area contributed by atoms with Crippen LogP contribution < -0.4 is 0 Å². The summed E-state index contributed by atoms with van der Waals surface area (Å²) in [5.41, 5.74) is 1.77. The van der Waals surface area contributed by atoms with Crippen molar-refractivity contribution in [1.82, 2.24) is 4.90 Å². The lowest BCUT2D eigenvalue weighted by Gasteiger charge is -2.48. The van der Waals surface area contributed by atoms with Gasteiger partial charge in [-0.15, -0.1) is 0 Å². The number of ketones is 1. The second kappa shape index (κ2) is 6.83. The quantitative estimate of drug-likeness (QED) is 0.817. The minimum Gasteiger partial charge on any atom is -0.327 e. The SMILES string of the molecule is O=C1C[C@H](c2ccccc2)N(C(=O)c2ccccc2)[C@@H]2CCCC[C@@H]12. The van der Waals surface area contributed by atoms with E-state index in [1.807, 2.05) is 65.6 Å². The first kappa shape index (κ1) is 16.1. The van der Waals surface area contributed by atoms with Crippen molar-refractivity contribution < 1.29 is 9.59 Å². The molecule has 3 nitrogen and oxygen atoms in total. The minimum absolute atomic E-state index is 0.0152. The van der Waals surface area contributed by atoms with Crippen LogP contribution in [0.25, 0.3) is 0 Å². The van der Waals surface area contributed by atoms with Crippen LogP contribution in [0.3, 0.4) is 0 Å². The van der Waals surface area contributed by atoms with E-state index >= 15 is 0 Å². The van der Waals surface area contributed by atoms with Gasteiger partial charge < -0.3 is 4.90 Å². The third-order valence-electron chi connectivity index (χ3n) is 5.67. The highest BCUT2D eigenvalue weighted by Crippen LogP contribution is 2.42. The van der Waals surface area contributed by atoms with Crippen LogP contribution >= 0.6 is 0 Å². The maximum atomic E-state index is 13.4. The Morgan fingerprint density at radius 3 is 2.24 bits per heavy atom. The first-order valence-electron chi connectivity index (χ1n) is 9.21. The van der Waals surface area contributed by atoms with Crippen molar-refractivity contribution in [1.29, 1.82) is 0 Å². The standard InChI is InChI=1S/C22H23NO2/c24-21-15-20(16-9-3-1-4-10-16)23(19-14-8-7-13-18(19)21)22(25)17-11-5-2-6-12-17/h1-6,9-12,18-20H,7-8,13-15H2/t18-,19-,20-/m1/s1. The molecule has 0 radical (unpaired) electrons. The van der Waals surface area contributed by atoms with Crippen LogP contribution in [0.5, 0.6) is 0 Å². The first-order valence-corrected chi connectivity index (χ1v) is 9.21. The number of amides is 1. The fourth-order valence-corrected chi connectivity index (χ4v) is 4.47. The van der Waals surface area contributed by atoms with Gasteiger partial charge in [-0.3, -0.25) is 9.59 Å². The van der Waals surface area contributed by atoms with Crippen LogP contribution in [0, 0.1) is 5.92 Å². The Balaban J connectivity index is 1.76. The average Bonchev–Trinajstić information content (AvgIpc) is 2.69. The zero-order chi connectivity index (χ0) is 17.2. The van der Waals surface area contributed by atoms with Gasteiger partial charge in [-0.2, -0.15) is 0 Å². The number of likely N-dealkylation sites (tertiary alicyclic amines) is 1. The lowest BCUT2D eigenvalue weighted by atomic mass is 9.74. The lowest BCUT2D eigenvalue weighted by Crippen LogP contribution is -2.54. The summed E-state index contributed by atoms with van der Waals surface area (Å²) in [6.07, 6.45) is 4.47. The molecule has 1 aliphatic carbocycles. The molecule has 2 aliphatic rings. The van der Waals surface area contributed by atoms with E-state index in [1.165, 1.54) is 0 Å². The minimum atomic E-state index is -0.152. The molecule has 0 bridgehead atoms. The van der Waals surface area contributed by atoms with E-state index in [-0.39, 0.29) is 23.9 Å². The topological polar surface area (TPSA) is 37.4 Å². The predicted molar refractivity (Wildman–Crippen MR) is 97.2 cm³/mol. The summed E-state index contributed by atoms with van der Waals surface area (Å²) in [6, 6.07) is 19.4. The van der Waals surface area contributed by atoms with E-state index in [0.717, 1.165) is 31.2 Å². The number of hydrogen-bond donors (Lipinski definition) is 0. The molecular weight excluding hydrogens is 310 g/mol. The molecule has 0 unspecified atom stereocenters. The van der Waals surface area contributed by atoms with Gasteiger partial charge in [-0.05, 0) is 30.5 Å². The van der Waals surface area contributed by atoms with Crippen LogP contribution in [0.1, 0.15) is 54.1 Å². The van der Waals surface area contributed by atoms with Crippen molar-refractivity contribution in [3.05, 3.63) is 71.8 Å². The van der Waals surface area contributed by atoms with Gasteiger partial charge >= 0.3 is 0 Å². The summed E-state index contributed by atoms with van der Waals surface area (Å²) < 4.78 is 0. The number of fused-ring (bicyclic) bond motifs is 1. The van der Waals surface area contributed by atoms with Gasteiger partial charge in [-0.25, -0.2) is 0 Å². The number of nitrogens with zero attached hydrogens (tertiary/aromatic N) is 1. The first-order chi connectivity index (χ1) is 12.3. The molecule has 2 aromatic rings. The van der Waals surface area contributed by atoms with E-state index in [0.29, 0.717) is 17.8 Å². The van der Waals surface area contributed by atoms with Crippen molar-refractivity contribution in [2.75, 3.05) is 0 Å². The third kappa shape index (κ3) is 2.99. The smallest absolute Gasteiger partial charge is 0.254 e. The Morgan fingerprint density at radius 1 is 0.880 bits per heavy atom. The van der Waals surface area contributed by atoms with Crippen LogP contribution in [0.15, 0.2) is 60.7 Å². The number of benzene rings is 2. The molecule has 1 heterocycles. The maximum absolute atomic E-state index is 13.4. The molecule has 1 saturated heterocycles. The highest BCUT2D eigenvalue weighted by molar-refractivity contribution is 5.96. The summed E-state index contributed by atoms with van der Waals surface area (Å²) in [5, 5.41) is 0. The summed E-state index contributed by atoms with van der Waals surface area (Å²) in [7, 11) is 0. The van der Waals surface area contributed by atoms with Crippen molar-refractivity contribution >= 4 is 11.7 Å². The molecule has 1 amide bonds. The van der Waals surface area contributed by atoms with Crippen molar-refractivity contribution in [3.63, 3.8) is 0 Å². The molecule has 0 spiro atoms. The lowest BCUT2D eigenvalue weighted by molar-refractivity contribution is -0.132. The molecule has 0 N–H and O–H groups in total. The average molecular weight is 333 g/mol. The number of carbonyl (C=O) groups excluding carboxylic acids is 2. The van der Waals surface area contributed by atoms with Gasteiger partial charge in [0.25, 0.3) is 5.91 Å². The molecule has 2 fully saturated rings. The van der Waals surface area contributed by atoms with Crippen LogP contribution in [-0.4, -0.2) is 22.6 Å². The van der Waals surface area contributed by atoms with Gasteiger partial charge in [0, 0.05) is 23.9 Å². The summed E-state index contributed by atoms with van der Waals surface area (Å²) in [6.45, 7) is 0. The predicted octanol–water partition coefficient (Wildman–Crippen LogP) is 4.40. The highest BCUT2D eigenvalue weighted by Gasteiger charge is 2.45. The second-order valence-corrected chi connectivity index (χ2v) is 7.13. The second-order valence-electron chi connectivity index (χ2n) is 7.13. The molecule has 25 heavy (non-hydrogen) atoms. The maximum Gasteiger partial charge on any atom is 0.254 e. The molecule has 3 heteroatoms. The Bertz CT molecular complexity index is 756. The summed E-state index contributed by atoms with van der Waals surface area (Å²) >= 11 is 0. The van der Waals surface area contributed by atoms with E-state index in [1.54, 1.807) is 0 Å². The fraction of sp³-hybridized carbons (Fsp3) is 0.364. The van der Waals surface area contributed by atoms with E-state index < -0.39 is 0 Å². The Morgan fingerprint density at radius 2 is 1.52 bits per heavy atom. The largest absolute Gasteiger partial charge is 0.327 e. The third-order valence-corrected chi connectivity index (χ3v) is 5.67. The zero-order valence-electron chi connectivity index (χ0n) is 14.3. The summed E-state index contributed by atoms with van der Waals surface area (Å²) in [4.78, 5) is 28.2. The Hall–Kier alpha value is -2.42. The van der Waals surface area contributed by atoms with Gasteiger partial charge in [0.1, 0.15) is 5.78 Å².